The zero-order valence-electron chi connectivity index (χ0n) is 13.1. The van der Waals surface area contributed by atoms with Crippen LogP contribution in [0, 0.1) is 0 Å². The molecule has 1 N–H and O–H groups in total. The van der Waals surface area contributed by atoms with E-state index < -0.39 is 0 Å². The molecule has 1 atom stereocenters. The Kier molecular flexibility index (Phi) is 4.93. The van der Waals surface area contributed by atoms with Crippen LogP contribution in [-0.2, 0) is 29.0 Å². The van der Waals surface area contributed by atoms with Crippen LogP contribution in [0.2, 0.25) is 0 Å². The highest BCUT2D eigenvalue weighted by molar-refractivity contribution is 5.07. The van der Waals surface area contributed by atoms with Gasteiger partial charge in [0, 0.05) is 46.0 Å². The molecular weight excluding hydrogens is 266 g/mol. The van der Waals surface area contributed by atoms with Crippen molar-refractivity contribution >= 4 is 0 Å². The molecular formula is C16H27N3O2. The monoisotopic (exact) mass is 293 g/mol. The molecule has 5 nitrogen and oxygen atoms in total. The fraction of sp³-hybridized carbons (Fsp3) is 0.812. The summed E-state index contributed by atoms with van der Waals surface area (Å²) in [6.45, 7) is 4.35. The first-order valence-electron chi connectivity index (χ1n) is 8.20. The van der Waals surface area contributed by atoms with Crippen LogP contribution in [0.3, 0.4) is 0 Å². The van der Waals surface area contributed by atoms with Gasteiger partial charge in [0.25, 0.3) is 0 Å². The number of aromatic nitrogens is 2. The van der Waals surface area contributed by atoms with Crippen molar-refractivity contribution in [1.29, 1.82) is 0 Å². The van der Waals surface area contributed by atoms with Crippen molar-refractivity contribution in [3.8, 4) is 0 Å². The molecule has 1 aromatic rings. The minimum absolute atomic E-state index is 0.141. The van der Waals surface area contributed by atoms with Crippen LogP contribution in [0.4, 0.5) is 0 Å². The van der Waals surface area contributed by atoms with Gasteiger partial charge >= 0.3 is 0 Å². The first kappa shape index (κ1) is 15.0. The first-order chi connectivity index (χ1) is 10.3. The molecule has 3 heterocycles. The molecule has 0 radical (unpaired) electrons. The second-order valence-electron chi connectivity index (χ2n) is 6.30. The Balaban J connectivity index is 1.56. The average Bonchev–Trinajstić information content (AvgIpc) is 2.92. The van der Waals surface area contributed by atoms with Crippen molar-refractivity contribution in [2.45, 2.75) is 57.2 Å². The number of imidazole rings is 1. The van der Waals surface area contributed by atoms with Crippen molar-refractivity contribution in [2.75, 3.05) is 26.9 Å². The Bertz CT molecular complexity index is 447. The SMILES string of the molecule is COCC1(CNCc2cnc3n2CCCC3)CCCCO1. The van der Waals surface area contributed by atoms with E-state index in [1.165, 1.54) is 37.2 Å². The number of hydrogen-bond acceptors (Lipinski definition) is 4. The van der Waals surface area contributed by atoms with Crippen LogP contribution in [0.5, 0.6) is 0 Å². The van der Waals surface area contributed by atoms with Gasteiger partial charge in [0.15, 0.2) is 0 Å². The molecule has 2 aliphatic rings. The van der Waals surface area contributed by atoms with Gasteiger partial charge in [0.2, 0.25) is 0 Å². The number of methoxy groups -OCH3 is 1. The van der Waals surface area contributed by atoms with Crippen molar-refractivity contribution in [3.63, 3.8) is 0 Å². The molecule has 0 aromatic carbocycles. The zero-order chi connectivity index (χ0) is 14.5. The Hall–Kier alpha value is -0.910. The topological polar surface area (TPSA) is 48.3 Å². The summed E-state index contributed by atoms with van der Waals surface area (Å²) < 4.78 is 13.8. The van der Waals surface area contributed by atoms with Gasteiger partial charge in [-0.2, -0.15) is 0 Å². The van der Waals surface area contributed by atoms with Gasteiger partial charge in [-0.1, -0.05) is 0 Å². The molecule has 1 saturated heterocycles. The van der Waals surface area contributed by atoms with Gasteiger partial charge in [-0.25, -0.2) is 4.98 Å². The number of nitrogens with zero attached hydrogens (tertiary/aromatic N) is 2. The van der Waals surface area contributed by atoms with E-state index in [-0.39, 0.29) is 5.60 Å². The third-order valence-corrected chi connectivity index (χ3v) is 4.65. The van der Waals surface area contributed by atoms with Crippen molar-refractivity contribution < 1.29 is 9.47 Å². The maximum atomic E-state index is 6.03. The fourth-order valence-corrected chi connectivity index (χ4v) is 3.52. The van der Waals surface area contributed by atoms with Crippen LogP contribution in [-0.4, -0.2) is 42.0 Å². The molecule has 0 bridgehead atoms. The van der Waals surface area contributed by atoms with Gasteiger partial charge in [-0.05, 0) is 32.1 Å². The Morgan fingerprint density at radius 3 is 3.14 bits per heavy atom. The van der Waals surface area contributed by atoms with Gasteiger partial charge in [-0.3, -0.25) is 0 Å². The highest BCUT2D eigenvalue weighted by Crippen LogP contribution is 2.25. The van der Waals surface area contributed by atoms with Crippen LogP contribution in [0.1, 0.15) is 43.6 Å². The van der Waals surface area contributed by atoms with Crippen LogP contribution in [0.25, 0.3) is 0 Å². The summed E-state index contributed by atoms with van der Waals surface area (Å²) in [6, 6.07) is 0. The third-order valence-electron chi connectivity index (χ3n) is 4.65. The second-order valence-corrected chi connectivity index (χ2v) is 6.30. The lowest BCUT2D eigenvalue weighted by Crippen LogP contribution is -2.48. The molecule has 0 saturated carbocycles. The normalized spacial score (nSPS) is 25.8. The van der Waals surface area contributed by atoms with Gasteiger partial charge in [0.05, 0.1) is 12.3 Å². The largest absolute Gasteiger partial charge is 0.382 e. The third kappa shape index (κ3) is 3.47. The minimum atomic E-state index is -0.141. The highest BCUT2D eigenvalue weighted by atomic mass is 16.5. The summed E-state index contributed by atoms with van der Waals surface area (Å²) in [5.74, 6) is 1.25. The van der Waals surface area contributed by atoms with E-state index in [0.717, 1.165) is 39.1 Å². The lowest BCUT2D eigenvalue weighted by atomic mass is 9.94. The molecule has 2 aliphatic heterocycles. The molecule has 21 heavy (non-hydrogen) atoms. The lowest BCUT2D eigenvalue weighted by molar-refractivity contribution is -0.113. The number of ether oxygens (including phenoxy) is 2. The molecule has 1 unspecified atom stereocenters. The highest BCUT2D eigenvalue weighted by Gasteiger charge is 2.33. The summed E-state index contributed by atoms with van der Waals surface area (Å²) in [6.07, 6.45) is 9.17. The Morgan fingerprint density at radius 1 is 1.38 bits per heavy atom. The number of aryl methyl sites for hydroxylation is 1. The molecule has 1 fully saturated rings. The lowest BCUT2D eigenvalue weighted by Gasteiger charge is -2.37. The minimum Gasteiger partial charge on any atom is -0.382 e. The summed E-state index contributed by atoms with van der Waals surface area (Å²) in [5, 5.41) is 3.57. The molecule has 0 amide bonds. The van der Waals surface area contributed by atoms with Crippen molar-refractivity contribution in [3.05, 3.63) is 17.7 Å². The van der Waals surface area contributed by atoms with Crippen molar-refractivity contribution in [1.82, 2.24) is 14.9 Å². The molecule has 118 valence electrons. The van der Waals surface area contributed by atoms with Gasteiger partial charge < -0.3 is 19.4 Å². The summed E-state index contributed by atoms with van der Waals surface area (Å²) in [5.41, 5.74) is 1.16. The van der Waals surface area contributed by atoms with E-state index in [4.69, 9.17) is 9.47 Å². The number of fused-ring (bicyclic) bond motifs is 1. The Labute approximate surface area is 127 Å². The molecule has 3 rings (SSSR count). The Morgan fingerprint density at radius 2 is 2.33 bits per heavy atom. The number of rotatable bonds is 6. The maximum Gasteiger partial charge on any atom is 0.108 e. The van der Waals surface area contributed by atoms with E-state index in [1.807, 2.05) is 6.20 Å². The van der Waals surface area contributed by atoms with E-state index >= 15 is 0 Å². The standard InChI is InChI=1S/C16H27N3O2/c1-20-13-16(7-3-5-9-21-16)12-17-10-14-11-18-15-6-2-4-8-19(14)15/h11,17H,2-10,12-13H2,1H3. The van der Waals surface area contributed by atoms with Crippen LogP contribution < -0.4 is 5.32 Å². The first-order valence-corrected chi connectivity index (χ1v) is 8.20. The average molecular weight is 293 g/mol. The smallest absolute Gasteiger partial charge is 0.108 e. The predicted octanol–water partition coefficient (Wildman–Crippen LogP) is 1.89. The molecule has 1 aromatic heterocycles. The summed E-state index contributed by atoms with van der Waals surface area (Å²) in [4.78, 5) is 4.54. The molecule has 5 heteroatoms. The predicted molar refractivity (Wildman–Crippen MR) is 81.3 cm³/mol. The van der Waals surface area contributed by atoms with Crippen LogP contribution in [0.15, 0.2) is 6.20 Å². The van der Waals surface area contributed by atoms with E-state index in [2.05, 4.69) is 14.9 Å². The second kappa shape index (κ2) is 6.90. The van der Waals surface area contributed by atoms with Gasteiger partial charge in [0.1, 0.15) is 11.4 Å². The van der Waals surface area contributed by atoms with Crippen molar-refractivity contribution in [2.24, 2.45) is 0 Å². The maximum absolute atomic E-state index is 6.03. The van der Waals surface area contributed by atoms with E-state index in [0.29, 0.717) is 6.61 Å². The number of hydrogen-bond donors (Lipinski definition) is 1. The van der Waals surface area contributed by atoms with Crippen LogP contribution >= 0.6 is 0 Å². The quantitative estimate of drug-likeness (QED) is 0.870. The summed E-state index contributed by atoms with van der Waals surface area (Å²) >= 11 is 0. The fourth-order valence-electron chi connectivity index (χ4n) is 3.52. The summed E-state index contributed by atoms with van der Waals surface area (Å²) in [7, 11) is 1.76. The zero-order valence-corrected chi connectivity index (χ0v) is 13.1. The molecule has 0 spiro atoms. The van der Waals surface area contributed by atoms with E-state index in [9.17, 15) is 0 Å². The van der Waals surface area contributed by atoms with Gasteiger partial charge in [-0.15, -0.1) is 0 Å². The van der Waals surface area contributed by atoms with E-state index in [1.54, 1.807) is 7.11 Å². The molecule has 0 aliphatic carbocycles. The number of nitrogens with one attached hydrogen (secondary N) is 1.